The molecule has 0 radical (unpaired) electrons. The number of H-pyrrole nitrogens is 1. The average molecular weight is 494 g/mol. The van der Waals surface area contributed by atoms with Gasteiger partial charge in [-0.3, -0.25) is 9.59 Å². The molecule has 0 aliphatic rings. The van der Waals surface area contributed by atoms with Crippen LogP contribution in [0.15, 0.2) is 71.9 Å². The summed E-state index contributed by atoms with van der Waals surface area (Å²) in [6.45, 7) is 0.337. The largest absolute Gasteiger partial charge is 0.464 e. The van der Waals surface area contributed by atoms with Crippen molar-refractivity contribution in [2.45, 2.75) is 6.54 Å². The monoisotopic (exact) mass is 493 g/mol. The predicted octanol–water partition coefficient (Wildman–Crippen LogP) is 4.76. The van der Waals surface area contributed by atoms with Crippen LogP contribution in [-0.4, -0.2) is 29.9 Å². The van der Waals surface area contributed by atoms with Gasteiger partial charge in [-0.15, -0.1) is 11.3 Å². The third kappa shape index (κ3) is 5.19. The maximum absolute atomic E-state index is 12.8. The maximum atomic E-state index is 12.8. The van der Waals surface area contributed by atoms with Gasteiger partial charge in [0.15, 0.2) is 0 Å². The molecule has 7 nitrogen and oxygen atoms in total. The molecular weight excluding hydrogens is 474 g/mol. The molecule has 0 bridgehead atoms. The van der Waals surface area contributed by atoms with Gasteiger partial charge >= 0.3 is 5.97 Å². The molecule has 0 fully saturated rings. The lowest BCUT2D eigenvalue weighted by Crippen LogP contribution is -2.28. The van der Waals surface area contributed by atoms with E-state index in [0.717, 1.165) is 21.3 Å². The van der Waals surface area contributed by atoms with E-state index in [1.54, 1.807) is 6.07 Å². The van der Waals surface area contributed by atoms with Crippen molar-refractivity contribution in [3.8, 4) is 0 Å². The lowest BCUT2D eigenvalue weighted by atomic mass is 10.1. The molecule has 4 rings (SSSR count). The van der Waals surface area contributed by atoms with E-state index in [0.29, 0.717) is 12.1 Å². The van der Waals surface area contributed by atoms with Crippen molar-refractivity contribution in [1.82, 2.24) is 15.6 Å². The van der Waals surface area contributed by atoms with Crippen molar-refractivity contribution in [3.05, 3.63) is 98.5 Å². The number of halogens is 1. The number of amides is 2. The Bertz CT molecular complexity index is 1390. The van der Waals surface area contributed by atoms with E-state index < -0.39 is 11.9 Å². The van der Waals surface area contributed by atoms with Gasteiger partial charge < -0.3 is 20.4 Å². The molecule has 0 aliphatic heterocycles. The first kappa shape index (κ1) is 23.3. The number of fused-ring (bicyclic) bond motifs is 1. The highest BCUT2D eigenvalue weighted by atomic mass is 35.5. The zero-order chi connectivity index (χ0) is 24.1. The minimum absolute atomic E-state index is 0.0215. The van der Waals surface area contributed by atoms with Crippen LogP contribution in [0.4, 0.5) is 0 Å². The zero-order valence-electron chi connectivity index (χ0n) is 18.1. The Morgan fingerprint density at radius 3 is 2.68 bits per heavy atom. The van der Waals surface area contributed by atoms with E-state index in [1.807, 2.05) is 41.9 Å². The second-order valence-corrected chi connectivity index (χ2v) is 8.64. The first-order valence-corrected chi connectivity index (χ1v) is 11.5. The molecule has 2 heterocycles. The van der Waals surface area contributed by atoms with E-state index in [2.05, 4.69) is 15.6 Å². The van der Waals surface area contributed by atoms with Gasteiger partial charge in [0, 0.05) is 34.1 Å². The lowest BCUT2D eigenvalue weighted by Gasteiger charge is -2.11. The number of esters is 1. The highest BCUT2D eigenvalue weighted by molar-refractivity contribution is 7.10. The average Bonchev–Trinajstić information content (AvgIpc) is 3.53. The number of nitrogens with one attached hydrogen (secondary N) is 3. The number of ether oxygens (including phenoxy) is 1. The molecule has 2 aromatic heterocycles. The Morgan fingerprint density at radius 1 is 1.09 bits per heavy atom. The van der Waals surface area contributed by atoms with Crippen LogP contribution in [-0.2, 0) is 16.1 Å². The minimum atomic E-state index is -0.689. The number of hydrogen-bond acceptors (Lipinski definition) is 5. The topological polar surface area (TPSA) is 100 Å². The number of aromatic amines is 1. The Morgan fingerprint density at radius 2 is 1.94 bits per heavy atom. The SMILES string of the molecule is COC(=O)/C(=C/c1cccs1)NC(=O)c1ccc(C(=O)NCc2cccc3[nH]ccc23)cc1Cl. The van der Waals surface area contributed by atoms with Crippen molar-refractivity contribution in [2.24, 2.45) is 0 Å². The predicted molar refractivity (Wildman–Crippen MR) is 133 cm³/mol. The Kier molecular flexibility index (Phi) is 7.10. The summed E-state index contributed by atoms with van der Waals surface area (Å²) < 4.78 is 4.76. The maximum Gasteiger partial charge on any atom is 0.354 e. The second kappa shape index (κ2) is 10.4. The number of benzene rings is 2. The van der Waals surface area contributed by atoms with Gasteiger partial charge in [-0.2, -0.15) is 0 Å². The molecule has 0 saturated heterocycles. The molecule has 9 heteroatoms. The third-order valence-corrected chi connectivity index (χ3v) is 6.22. The molecule has 4 aromatic rings. The summed E-state index contributed by atoms with van der Waals surface area (Å²) in [6.07, 6.45) is 3.37. The second-order valence-electron chi connectivity index (χ2n) is 7.25. The quantitative estimate of drug-likeness (QED) is 0.255. The fraction of sp³-hybridized carbons (Fsp3) is 0.0800. The fourth-order valence-electron chi connectivity index (χ4n) is 3.38. The molecule has 2 amide bonds. The molecule has 0 spiro atoms. The Labute approximate surface area is 204 Å². The van der Waals surface area contributed by atoms with Crippen LogP contribution >= 0.6 is 22.9 Å². The summed E-state index contributed by atoms with van der Waals surface area (Å²) in [5.41, 5.74) is 2.37. The van der Waals surface area contributed by atoms with Gasteiger partial charge in [0.2, 0.25) is 0 Å². The summed E-state index contributed by atoms with van der Waals surface area (Å²) in [5.74, 6) is -1.61. The van der Waals surface area contributed by atoms with Crippen LogP contribution in [0.3, 0.4) is 0 Å². The van der Waals surface area contributed by atoms with Crippen LogP contribution in [0.5, 0.6) is 0 Å². The summed E-state index contributed by atoms with van der Waals surface area (Å²) in [4.78, 5) is 41.4. The Balaban J connectivity index is 1.46. The van der Waals surface area contributed by atoms with Crippen LogP contribution in [0.25, 0.3) is 17.0 Å². The minimum Gasteiger partial charge on any atom is -0.464 e. The number of aromatic nitrogens is 1. The molecular formula is C25H20ClN3O4S. The van der Waals surface area contributed by atoms with Crippen LogP contribution in [0, 0.1) is 0 Å². The first-order valence-electron chi connectivity index (χ1n) is 10.2. The van der Waals surface area contributed by atoms with E-state index in [1.165, 1.54) is 42.7 Å². The van der Waals surface area contributed by atoms with Gasteiger partial charge in [0.1, 0.15) is 5.70 Å². The van der Waals surface area contributed by atoms with E-state index in [9.17, 15) is 14.4 Å². The number of hydrogen-bond donors (Lipinski definition) is 3. The van der Waals surface area contributed by atoms with Crippen LogP contribution < -0.4 is 10.6 Å². The molecule has 0 atom stereocenters. The van der Waals surface area contributed by atoms with Crippen molar-refractivity contribution in [3.63, 3.8) is 0 Å². The molecule has 0 aliphatic carbocycles. The van der Waals surface area contributed by atoms with E-state index in [4.69, 9.17) is 16.3 Å². The summed E-state index contributed by atoms with van der Waals surface area (Å²) in [7, 11) is 1.23. The highest BCUT2D eigenvalue weighted by Gasteiger charge is 2.18. The van der Waals surface area contributed by atoms with Crippen molar-refractivity contribution < 1.29 is 19.1 Å². The number of carbonyl (C=O) groups is 3. The van der Waals surface area contributed by atoms with Crippen molar-refractivity contribution in [1.29, 1.82) is 0 Å². The molecule has 34 heavy (non-hydrogen) atoms. The smallest absolute Gasteiger partial charge is 0.354 e. The molecule has 2 aromatic carbocycles. The van der Waals surface area contributed by atoms with E-state index >= 15 is 0 Å². The summed E-state index contributed by atoms with van der Waals surface area (Å²) >= 11 is 7.72. The number of rotatable bonds is 7. The van der Waals surface area contributed by atoms with Crippen LogP contribution in [0.1, 0.15) is 31.2 Å². The number of carbonyl (C=O) groups excluding carboxylic acids is 3. The van der Waals surface area contributed by atoms with Crippen molar-refractivity contribution >= 4 is 57.7 Å². The fourth-order valence-corrected chi connectivity index (χ4v) is 4.31. The standard InChI is InChI=1S/C25H20ClN3O4S/c1-33-25(32)22(13-17-5-3-11-34-17)29-24(31)19-8-7-15(12-20(19)26)23(30)28-14-16-4-2-6-21-18(16)9-10-27-21/h2-13,27H,14H2,1H3,(H,28,30)(H,29,31)/b22-13-. The number of methoxy groups -OCH3 is 1. The van der Waals surface area contributed by atoms with E-state index in [-0.39, 0.29) is 22.2 Å². The molecule has 172 valence electrons. The molecule has 0 saturated carbocycles. The highest BCUT2D eigenvalue weighted by Crippen LogP contribution is 2.21. The van der Waals surface area contributed by atoms with Crippen LogP contribution in [0.2, 0.25) is 5.02 Å². The molecule has 3 N–H and O–H groups in total. The normalized spacial score (nSPS) is 11.3. The number of thiophene rings is 1. The summed E-state index contributed by atoms with van der Waals surface area (Å²) in [6, 6.07) is 15.8. The Hall–Kier alpha value is -3.88. The van der Waals surface area contributed by atoms with Gasteiger partial charge in [-0.05, 0) is 53.4 Å². The van der Waals surface area contributed by atoms with Gasteiger partial charge in [-0.1, -0.05) is 29.8 Å². The third-order valence-electron chi connectivity index (χ3n) is 5.08. The zero-order valence-corrected chi connectivity index (χ0v) is 19.6. The van der Waals surface area contributed by atoms with Crippen molar-refractivity contribution in [2.75, 3.05) is 7.11 Å². The van der Waals surface area contributed by atoms with Gasteiger partial charge in [-0.25, -0.2) is 4.79 Å². The van der Waals surface area contributed by atoms with Gasteiger partial charge in [0.05, 0.1) is 17.7 Å². The molecule has 0 unspecified atom stereocenters. The summed E-state index contributed by atoms with van der Waals surface area (Å²) in [5, 5.41) is 8.37. The lowest BCUT2D eigenvalue weighted by molar-refractivity contribution is -0.136. The van der Waals surface area contributed by atoms with Gasteiger partial charge in [0.25, 0.3) is 11.8 Å². The first-order chi connectivity index (χ1) is 16.5.